The Labute approximate surface area is 102 Å². The molecule has 2 heterocycles. The van der Waals surface area contributed by atoms with Crippen molar-refractivity contribution >= 4 is 11.8 Å². The van der Waals surface area contributed by atoms with Crippen LogP contribution in [0, 0.1) is 5.82 Å². The Hall–Kier alpha value is -2.43. The molecule has 0 aliphatic carbocycles. The lowest BCUT2D eigenvalue weighted by molar-refractivity contribution is 0.0631. The van der Waals surface area contributed by atoms with Gasteiger partial charge in [-0.05, 0) is 12.1 Å². The molecule has 0 fully saturated rings. The molecular formula is C13H8FNO3. The van der Waals surface area contributed by atoms with Gasteiger partial charge in [-0.3, -0.25) is 14.5 Å². The first kappa shape index (κ1) is 10.7. The lowest BCUT2D eigenvalue weighted by Crippen LogP contribution is -2.28. The Kier molecular flexibility index (Phi) is 2.26. The van der Waals surface area contributed by atoms with E-state index in [-0.39, 0.29) is 24.1 Å². The van der Waals surface area contributed by atoms with Crippen LogP contribution in [0.15, 0.2) is 41.0 Å². The van der Waals surface area contributed by atoms with Crippen molar-refractivity contribution in [2.75, 3.05) is 0 Å². The fourth-order valence-electron chi connectivity index (χ4n) is 1.98. The minimum Gasteiger partial charge on any atom is -0.464 e. The fourth-order valence-corrected chi connectivity index (χ4v) is 1.98. The van der Waals surface area contributed by atoms with E-state index in [0.717, 1.165) is 17.2 Å². The zero-order chi connectivity index (χ0) is 12.7. The molecular weight excluding hydrogens is 237 g/mol. The predicted molar refractivity (Wildman–Crippen MR) is 59.3 cm³/mol. The molecule has 1 aromatic heterocycles. The summed E-state index contributed by atoms with van der Waals surface area (Å²) in [5, 5.41) is 0. The molecule has 0 atom stereocenters. The zero-order valence-corrected chi connectivity index (χ0v) is 9.22. The fraction of sp³-hybridized carbons (Fsp3) is 0.0769. The summed E-state index contributed by atoms with van der Waals surface area (Å²) in [7, 11) is 0. The van der Waals surface area contributed by atoms with E-state index in [0.29, 0.717) is 11.1 Å². The van der Waals surface area contributed by atoms with E-state index in [1.807, 2.05) is 0 Å². The molecule has 0 spiro atoms. The van der Waals surface area contributed by atoms with Crippen LogP contribution in [0.2, 0.25) is 0 Å². The van der Waals surface area contributed by atoms with Crippen LogP contribution in [0.3, 0.4) is 0 Å². The van der Waals surface area contributed by atoms with Gasteiger partial charge in [0, 0.05) is 6.07 Å². The maximum atomic E-state index is 12.8. The minimum atomic E-state index is -0.526. The Morgan fingerprint density at radius 1 is 1.11 bits per heavy atom. The van der Waals surface area contributed by atoms with Crippen LogP contribution in [-0.4, -0.2) is 16.7 Å². The largest absolute Gasteiger partial charge is 0.464 e. The first-order valence-electron chi connectivity index (χ1n) is 5.35. The maximum absolute atomic E-state index is 12.8. The number of benzene rings is 1. The molecule has 1 aliphatic rings. The molecule has 2 amide bonds. The molecule has 0 bridgehead atoms. The summed E-state index contributed by atoms with van der Waals surface area (Å²) in [5.74, 6) is -1.05. The molecule has 90 valence electrons. The molecule has 3 rings (SSSR count). The number of imide groups is 1. The number of carbonyl (C=O) groups excluding carboxylic acids is 2. The molecule has 1 aromatic carbocycles. The third-order valence-electron chi connectivity index (χ3n) is 2.81. The maximum Gasteiger partial charge on any atom is 0.261 e. The highest BCUT2D eigenvalue weighted by Crippen LogP contribution is 2.24. The summed E-state index contributed by atoms with van der Waals surface area (Å²) < 4.78 is 17.7. The van der Waals surface area contributed by atoms with Crippen LogP contribution in [0.1, 0.15) is 26.5 Å². The number of hydrogen-bond acceptors (Lipinski definition) is 3. The molecule has 4 nitrogen and oxygen atoms in total. The molecule has 18 heavy (non-hydrogen) atoms. The van der Waals surface area contributed by atoms with Gasteiger partial charge in [-0.15, -0.1) is 0 Å². The van der Waals surface area contributed by atoms with Crippen molar-refractivity contribution in [1.82, 2.24) is 4.90 Å². The monoisotopic (exact) mass is 245 g/mol. The summed E-state index contributed by atoms with van der Waals surface area (Å²) in [6.45, 7) is -0.0593. The first-order chi connectivity index (χ1) is 8.66. The standard InChI is InChI=1S/C13H8FNO3/c14-8-5-9(18-7-8)6-15-12(16)10-3-1-2-4-11(10)13(15)17/h1-5,7H,6H2. The lowest BCUT2D eigenvalue weighted by atomic mass is 10.1. The second kappa shape index (κ2) is 3.80. The summed E-state index contributed by atoms with van der Waals surface area (Å²) in [6, 6.07) is 7.74. The van der Waals surface area contributed by atoms with Gasteiger partial charge in [0.2, 0.25) is 0 Å². The summed E-state index contributed by atoms with van der Waals surface area (Å²) in [6.07, 6.45) is 0.938. The van der Waals surface area contributed by atoms with Crippen molar-refractivity contribution in [2.45, 2.75) is 6.54 Å². The summed E-state index contributed by atoms with van der Waals surface area (Å²) in [4.78, 5) is 25.0. The van der Waals surface area contributed by atoms with Crippen molar-refractivity contribution in [3.63, 3.8) is 0 Å². The molecule has 0 saturated heterocycles. The minimum absolute atomic E-state index is 0.0593. The van der Waals surface area contributed by atoms with Gasteiger partial charge in [0.05, 0.1) is 17.7 Å². The average Bonchev–Trinajstić information content (AvgIpc) is 2.88. The van der Waals surface area contributed by atoms with Crippen LogP contribution >= 0.6 is 0 Å². The lowest BCUT2D eigenvalue weighted by Gasteiger charge is -2.11. The Bertz CT molecular complexity index is 612. The summed E-state index contributed by atoms with van der Waals surface area (Å²) in [5.41, 5.74) is 0.740. The number of halogens is 1. The van der Waals surface area contributed by atoms with Gasteiger partial charge in [-0.2, -0.15) is 0 Å². The average molecular weight is 245 g/mol. The van der Waals surface area contributed by atoms with Gasteiger partial charge in [0.15, 0.2) is 5.82 Å². The molecule has 1 aliphatic heterocycles. The topological polar surface area (TPSA) is 50.5 Å². The van der Waals surface area contributed by atoms with E-state index in [1.165, 1.54) is 0 Å². The summed E-state index contributed by atoms with van der Waals surface area (Å²) >= 11 is 0. The smallest absolute Gasteiger partial charge is 0.261 e. The number of fused-ring (bicyclic) bond motifs is 1. The highest BCUT2D eigenvalue weighted by atomic mass is 19.1. The van der Waals surface area contributed by atoms with Gasteiger partial charge in [-0.25, -0.2) is 4.39 Å². The molecule has 5 heteroatoms. The van der Waals surface area contributed by atoms with Crippen LogP contribution in [0.5, 0.6) is 0 Å². The third-order valence-corrected chi connectivity index (χ3v) is 2.81. The van der Waals surface area contributed by atoms with E-state index < -0.39 is 5.82 Å². The molecule has 0 N–H and O–H groups in total. The van der Waals surface area contributed by atoms with Gasteiger partial charge < -0.3 is 4.42 Å². The first-order valence-corrected chi connectivity index (χ1v) is 5.35. The number of rotatable bonds is 2. The number of furan rings is 1. The van der Waals surface area contributed by atoms with E-state index in [2.05, 4.69) is 0 Å². The Morgan fingerprint density at radius 3 is 2.22 bits per heavy atom. The number of carbonyl (C=O) groups is 2. The predicted octanol–water partition coefficient (Wildman–Crippen LogP) is 2.21. The quantitative estimate of drug-likeness (QED) is 0.762. The van der Waals surface area contributed by atoms with Crippen molar-refractivity contribution in [1.29, 1.82) is 0 Å². The van der Waals surface area contributed by atoms with Crippen molar-refractivity contribution in [2.24, 2.45) is 0 Å². The van der Waals surface area contributed by atoms with Crippen molar-refractivity contribution in [3.8, 4) is 0 Å². The second-order valence-corrected chi connectivity index (χ2v) is 3.97. The van der Waals surface area contributed by atoms with Crippen LogP contribution in [0.25, 0.3) is 0 Å². The van der Waals surface area contributed by atoms with Crippen molar-refractivity contribution < 1.29 is 18.4 Å². The molecule has 0 radical (unpaired) electrons. The van der Waals surface area contributed by atoms with E-state index in [1.54, 1.807) is 24.3 Å². The second-order valence-electron chi connectivity index (χ2n) is 3.97. The van der Waals surface area contributed by atoms with Crippen LogP contribution in [-0.2, 0) is 6.54 Å². The van der Waals surface area contributed by atoms with Gasteiger partial charge in [0.1, 0.15) is 12.0 Å². The van der Waals surface area contributed by atoms with Crippen LogP contribution in [0.4, 0.5) is 4.39 Å². The highest BCUT2D eigenvalue weighted by molar-refractivity contribution is 6.21. The van der Waals surface area contributed by atoms with E-state index >= 15 is 0 Å². The third kappa shape index (κ3) is 1.52. The molecule has 0 unspecified atom stereocenters. The van der Waals surface area contributed by atoms with Crippen molar-refractivity contribution in [3.05, 3.63) is 59.3 Å². The number of amides is 2. The molecule has 2 aromatic rings. The van der Waals surface area contributed by atoms with Gasteiger partial charge >= 0.3 is 0 Å². The SMILES string of the molecule is O=C1c2ccccc2C(=O)N1Cc1cc(F)co1. The Morgan fingerprint density at radius 2 is 1.72 bits per heavy atom. The highest BCUT2D eigenvalue weighted by Gasteiger charge is 2.35. The van der Waals surface area contributed by atoms with E-state index in [4.69, 9.17) is 4.42 Å². The normalized spacial score (nSPS) is 14.2. The zero-order valence-electron chi connectivity index (χ0n) is 9.22. The number of hydrogen-bond donors (Lipinski definition) is 0. The van der Waals surface area contributed by atoms with E-state index in [9.17, 15) is 14.0 Å². The van der Waals surface area contributed by atoms with Gasteiger partial charge in [-0.1, -0.05) is 12.1 Å². The van der Waals surface area contributed by atoms with Crippen LogP contribution < -0.4 is 0 Å². The Balaban J connectivity index is 1.92. The number of nitrogens with zero attached hydrogens (tertiary/aromatic N) is 1. The molecule has 0 saturated carbocycles. The van der Waals surface area contributed by atoms with Gasteiger partial charge in [0.25, 0.3) is 11.8 Å².